The summed E-state index contributed by atoms with van der Waals surface area (Å²) in [6.07, 6.45) is 1.07. The van der Waals surface area contributed by atoms with Crippen LogP contribution in [-0.4, -0.2) is 16.6 Å². The van der Waals surface area contributed by atoms with E-state index in [1.165, 1.54) is 0 Å². The highest BCUT2D eigenvalue weighted by molar-refractivity contribution is 5.85. The minimum absolute atomic E-state index is 0.131. The fourth-order valence-corrected chi connectivity index (χ4v) is 1.93. The summed E-state index contributed by atoms with van der Waals surface area (Å²) in [5.41, 5.74) is 7.00. The molecule has 0 aliphatic heterocycles. The van der Waals surface area contributed by atoms with Crippen LogP contribution >= 0.6 is 0 Å². The van der Waals surface area contributed by atoms with Crippen LogP contribution in [-0.2, 0) is 11.3 Å². The quantitative estimate of drug-likeness (QED) is 0.734. The molecule has 1 aromatic rings. The molecule has 0 aliphatic rings. The largest absolute Gasteiger partial charge is 0.389 e. The average molecular weight is 264 g/mol. The molecule has 0 fully saturated rings. The molecule has 0 bridgehead atoms. The molecule has 4 heteroatoms. The molecule has 0 saturated carbocycles. The van der Waals surface area contributed by atoms with Gasteiger partial charge in [0.1, 0.15) is 0 Å². The molecule has 0 heterocycles. The van der Waals surface area contributed by atoms with Gasteiger partial charge in [0.15, 0.2) is 0 Å². The van der Waals surface area contributed by atoms with Gasteiger partial charge in [-0.05, 0) is 31.4 Å². The Morgan fingerprint density at radius 3 is 2.47 bits per heavy atom. The summed E-state index contributed by atoms with van der Waals surface area (Å²) < 4.78 is 0. The number of amides is 1. The Balaban J connectivity index is 2.55. The SMILES string of the molecule is CCCC(C)(N)C(=O)NCc1ccc(C(C)O)cc1. The lowest BCUT2D eigenvalue weighted by atomic mass is 9.96. The van der Waals surface area contributed by atoms with Gasteiger partial charge in [-0.3, -0.25) is 4.79 Å². The van der Waals surface area contributed by atoms with Crippen molar-refractivity contribution in [3.05, 3.63) is 35.4 Å². The fourth-order valence-electron chi connectivity index (χ4n) is 1.93. The topological polar surface area (TPSA) is 75.4 Å². The van der Waals surface area contributed by atoms with Gasteiger partial charge >= 0.3 is 0 Å². The summed E-state index contributed by atoms with van der Waals surface area (Å²) in [6.45, 7) is 5.94. The average Bonchev–Trinajstić information content (AvgIpc) is 2.36. The van der Waals surface area contributed by atoms with Gasteiger partial charge in [-0.2, -0.15) is 0 Å². The molecule has 0 radical (unpaired) electrons. The minimum atomic E-state index is -0.811. The van der Waals surface area contributed by atoms with Crippen molar-refractivity contribution in [2.24, 2.45) is 5.73 Å². The van der Waals surface area contributed by atoms with Crippen LogP contribution in [0.2, 0.25) is 0 Å². The van der Waals surface area contributed by atoms with Crippen molar-refractivity contribution in [2.45, 2.75) is 51.8 Å². The molecule has 0 spiro atoms. The number of carbonyl (C=O) groups excluding carboxylic acids is 1. The molecule has 19 heavy (non-hydrogen) atoms. The minimum Gasteiger partial charge on any atom is -0.389 e. The first-order valence-electron chi connectivity index (χ1n) is 6.71. The summed E-state index contributed by atoms with van der Waals surface area (Å²) >= 11 is 0. The number of hydrogen-bond acceptors (Lipinski definition) is 3. The van der Waals surface area contributed by atoms with Crippen LogP contribution in [0.3, 0.4) is 0 Å². The zero-order valence-corrected chi connectivity index (χ0v) is 11.9. The Bertz CT molecular complexity index is 411. The van der Waals surface area contributed by atoms with Crippen LogP contribution < -0.4 is 11.1 Å². The number of benzene rings is 1. The van der Waals surface area contributed by atoms with Crippen molar-refractivity contribution in [3.63, 3.8) is 0 Å². The number of nitrogens with one attached hydrogen (secondary N) is 1. The maximum Gasteiger partial charge on any atom is 0.240 e. The van der Waals surface area contributed by atoms with Gasteiger partial charge in [0, 0.05) is 6.54 Å². The van der Waals surface area contributed by atoms with Crippen LogP contribution in [0.4, 0.5) is 0 Å². The summed E-state index contributed by atoms with van der Waals surface area (Å²) in [5.74, 6) is -0.131. The van der Waals surface area contributed by atoms with E-state index in [1.54, 1.807) is 13.8 Å². The highest BCUT2D eigenvalue weighted by Gasteiger charge is 2.26. The third-order valence-electron chi connectivity index (χ3n) is 3.20. The van der Waals surface area contributed by atoms with Crippen LogP contribution in [0.15, 0.2) is 24.3 Å². The molecule has 2 unspecified atom stereocenters. The van der Waals surface area contributed by atoms with E-state index in [-0.39, 0.29) is 5.91 Å². The van der Waals surface area contributed by atoms with Gasteiger partial charge in [0.25, 0.3) is 0 Å². The normalized spacial score (nSPS) is 15.6. The van der Waals surface area contributed by atoms with Gasteiger partial charge in [-0.25, -0.2) is 0 Å². The van der Waals surface area contributed by atoms with Crippen molar-refractivity contribution < 1.29 is 9.90 Å². The van der Waals surface area contributed by atoms with Crippen molar-refractivity contribution in [2.75, 3.05) is 0 Å². The predicted octanol–water partition coefficient (Wildman–Crippen LogP) is 1.87. The lowest BCUT2D eigenvalue weighted by Gasteiger charge is -2.22. The van der Waals surface area contributed by atoms with E-state index in [4.69, 9.17) is 5.73 Å². The van der Waals surface area contributed by atoms with Crippen LogP contribution in [0.1, 0.15) is 50.8 Å². The van der Waals surface area contributed by atoms with Crippen LogP contribution in [0, 0.1) is 0 Å². The predicted molar refractivity (Wildman–Crippen MR) is 76.4 cm³/mol. The Morgan fingerprint density at radius 1 is 1.42 bits per heavy atom. The van der Waals surface area contributed by atoms with Crippen molar-refractivity contribution in [3.8, 4) is 0 Å². The molecular weight excluding hydrogens is 240 g/mol. The number of rotatable bonds is 6. The van der Waals surface area contributed by atoms with Crippen molar-refractivity contribution >= 4 is 5.91 Å². The fraction of sp³-hybridized carbons (Fsp3) is 0.533. The van der Waals surface area contributed by atoms with Crippen molar-refractivity contribution in [1.29, 1.82) is 0 Å². The standard InChI is InChI=1S/C15H24N2O2/c1-4-9-15(3,16)14(19)17-10-12-5-7-13(8-6-12)11(2)18/h5-8,11,18H,4,9-10,16H2,1-3H3,(H,17,19). The maximum absolute atomic E-state index is 11.9. The molecule has 0 aliphatic carbocycles. The Kier molecular flexibility index (Phi) is 5.51. The van der Waals surface area contributed by atoms with Gasteiger partial charge in [0.05, 0.1) is 11.6 Å². The molecule has 106 valence electrons. The third kappa shape index (κ3) is 4.65. The Hall–Kier alpha value is -1.39. The first-order valence-corrected chi connectivity index (χ1v) is 6.71. The van der Waals surface area contributed by atoms with E-state index in [9.17, 15) is 9.90 Å². The van der Waals surface area contributed by atoms with E-state index < -0.39 is 11.6 Å². The number of aliphatic hydroxyl groups excluding tert-OH is 1. The van der Waals surface area contributed by atoms with Gasteiger partial charge in [0.2, 0.25) is 5.91 Å². The maximum atomic E-state index is 11.9. The van der Waals surface area contributed by atoms with E-state index in [1.807, 2.05) is 31.2 Å². The summed E-state index contributed by atoms with van der Waals surface area (Å²) in [4.78, 5) is 11.9. The Labute approximate surface area is 115 Å². The van der Waals surface area contributed by atoms with Gasteiger partial charge < -0.3 is 16.2 Å². The summed E-state index contributed by atoms with van der Waals surface area (Å²) in [6, 6.07) is 7.52. The van der Waals surface area contributed by atoms with Gasteiger partial charge in [-0.15, -0.1) is 0 Å². The second-order valence-electron chi connectivity index (χ2n) is 5.27. The molecule has 4 N–H and O–H groups in total. The molecule has 1 aromatic carbocycles. The summed E-state index contributed by atoms with van der Waals surface area (Å²) in [7, 11) is 0. The van der Waals surface area contributed by atoms with E-state index in [0.717, 1.165) is 17.5 Å². The lowest BCUT2D eigenvalue weighted by molar-refractivity contribution is -0.126. The zero-order valence-electron chi connectivity index (χ0n) is 11.9. The van der Waals surface area contributed by atoms with E-state index in [2.05, 4.69) is 5.32 Å². The van der Waals surface area contributed by atoms with E-state index >= 15 is 0 Å². The molecule has 2 atom stereocenters. The number of nitrogens with two attached hydrogens (primary N) is 1. The Morgan fingerprint density at radius 2 is 2.00 bits per heavy atom. The highest BCUT2D eigenvalue weighted by Crippen LogP contribution is 2.13. The van der Waals surface area contributed by atoms with Gasteiger partial charge in [-0.1, -0.05) is 37.6 Å². The second kappa shape index (κ2) is 6.68. The van der Waals surface area contributed by atoms with Crippen LogP contribution in [0.25, 0.3) is 0 Å². The number of carbonyl (C=O) groups is 1. The first kappa shape index (κ1) is 15.7. The number of hydrogen-bond donors (Lipinski definition) is 3. The summed E-state index contributed by atoms with van der Waals surface area (Å²) in [5, 5.41) is 12.3. The van der Waals surface area contributed by atoms with Crippen LogP contribution in [0.5, 0.6) is 0 Å². The molecule has 4 nitrogen and oxygen atoms in total. The second-order valence-corrected chi connectivity index (χ2v) is 5.27. The molecule has 1 amide bonds. The highest BCUT2D eigenvalue weighted by atomic mass is 16.3. The van der Waals surface area contributed by atoms with Crippen molar-refractivity contribution in [1.82, 2.24) is 5.32 Å². The van der Waals surface area contributed by atoms with E-state index in [0.29, 0.717) is 13.0 Å². The smallest absolute Gasteiger partial charge is 0.240 e. The molecule has 0 aromatic heterocycles. The molecule has 0 saturated heterocycles. The zero-order chi connectivity index (χ0) is 14.5. The monoisotopic (exact) mass is 264 g/mol. The first-order chi connectivity index (χ1) is 8.86. The molecular formula is C15H24N2O2. The number of aliphatic hydroxyl groups is 1. The lowest BCUT2D eigenvalue weighted by Crippen LogP contribution is -2.51. The third-order valence-corrected chi connectivity index (χ3v) is 3.20. The molecule has 1 rings (SSSR count).